The second kappa shape index (κ2) is 10.6. The number of rotatable bonds is 6. The molecule has 0 radical (unpaired) electrons. The lowest BCUT2D eigenvalue weighted by Crippen LogP contribution is -2.32. The van der Waals surface area contributed by atoms with Crippen molar-refractivity contribution in [1.29, 1.82) is 0 Å². The maximum absolute atomic E-state index is 12.1. The molecule has 3 heterocycles. The van der Waals surface area contributed by atoms with Gasteiger partial charge in [0.15, 0.2) is 5.82 Å². The number of esters is 1. The number of anilines is 3. The smallest absolute Gasteiger partial charge is 0.340 e. The van der Waals surface area contributed by atoms with Gasteiger partial charge in [0.1, 0.15) is 5.02 Å². The Balaban J connectivity index is 1.31. The van der Waals surface area contributed by atoms with Gasteiger partial charge in [-0.2, -0.15) is 4.98 Å². The molecule has 1 saturated carbocycles. The number of hydrogen-bond acceptors (Lipinski definition) is 8. The van der Waals surface area contributed by atoms with Gasteiger partial charge in [0.05, 0.1) is 30.8 Å². The van der Waals surface area contributed by atoms with E-state index in [0.717, 1.165) is 5.70 Å². The Morgan fingerprint density at radius 2 is 2.03 bits per heavy atom. The number of fused-ring (bicyclic) bond motifs is 1. The normalized spacial score (nSPS) is 26.0. The van der Waals surface area contributed by atoms with Gasteiger partial charge in [0, 0.05) is 17.9 Å². The predicted octanol–water partition coefficient (Wildman–Crippen LogP) is 5.58. The van der Waals surface area contributed by atoms with Crippen LogP contribution < -0.4 is 10.6 Å². The third-order valence-corrected chi connectivity index (χ3v) is 8.11. The number of ether oxygens (including phenoxy) is 1. The number of methoxy groups -OCH3 is 1. The first-order valence-corrected chi connectivity index (χ1v) is 13.1. The molecule has 2 aliphatic carbocycles. The SMILES string of the molecule is COC(=O)c1ccncc1Nc1nc(NC2=CC3CCC(N4CCCC4)CCC3(C)C=C2)ncc1Cl. The lowest BCUT2D eigenvalue weighted by Gasteiger charge is -2.35. The fourth-order valence-corrected chi connectivity index (χ4v) is 5.79. The van der Waals surface area contributed by atoms with E-state index in [2.05, 4.69) is 55.6 Å². The number of allylic oxidation sites excluding steroid dienone is 3. The van der Waals surface area contributed by atoms with Crippen molar-refractivity contribution in [1.82, 2.24) is 19.9 Å². The van der Waals surface area contributed by atoms with Crippen LogP contribution in [0.15, 0.2) is 48.6 Å². The van der Waals surface area contributed by atoms with Crippen molar-refractivity contribution < 1.29 is 9.53 Å². The summed E-state index contributed by atoms with van der Waals surface area (Å²) in [6, 6.07) is 2.29. The number of hydrogen-bond donors (Lipinski definition) is 2. The van der Waals surface area contributed by atoms with E-state index in [9.17, 15) is 4.79 Å². The zero-order chi connectivity index (χ0) is 25.1. The largest absolute Gasteiger partial charge is 0.465 e. The Hall–Kier alpha value is -2.97. The highest BCUT2D eigenvalue weighted by Crippen LogP contribution is 2.45. The highest BCUT2D eigenvalue weighted by atomic mass is 35.5. The number of aromatic nitrogens is 3. The number of carbonyl (C=O) groups is 1. The summed E-state index contributed by atoms with van der Waals surface area (Å²) < 4.78 is 4.86. The molecule has 190 valence electrons. The van der Waals surface area contributed by atoms with Crippen LogP contribution in [0, 0.1) is 11.3 Å². The molecule has 3 aliphatic rings. The molecule has 0 bridgehead atoms. The van der Waals surface area contributed by atoms with Crippen molar-refractivity contribution in [2.24, 2.45) is 11.3 Å². The molecule has 3 atom stereocenters. The maximum Gasteiger partial charge on any atom is 0.340 e. The van der Waals surface area contributed by atoms with Crippen LogP contribution in [0.2, 0.25) is 5.02 Å². The van der Waals surface area contributed by atoms with Crippen molar-refractivity contribution in [3.63, 3.8) is 0 Å². The van der Waals surface area contributed by atoms with Crippen LogP contribution in [0.5, 0.6) is 0 Å². The zero-order valence-electron chi connectivity index (χ0n) is 20.8. The summed E-state index contributed by atoms with van der Waals surface area (Å²) in [5.74, 6) is 0.800. The molecular weight excluding hydrogens is 476 g/mol. The summed E-state index contributed by atoms with van der Waals surface area (Å²) in [6.45, 7) is 4.91. The van der Waals surface area contributed by atoms with Crippen molar-refractivity contribution >= 4 is 35.0 Å². The van der Waals surface area contributed by atoms with Gasteiger partial charge in [-0.05, 0) is 75.1 Å². The minimum Gasteiger partial charge on any atom is -0.465 e. The van der Waals surface area contributed by atoms with Crippen molar-refractivity contribution in [3.05, 3.63) is 59.2 Å². The van der Waals surface area contributed by atoms with E-state index >= 15 is 0 Å². The molecule has 36 heavy (non-hydrogen) atoms. The van der Waals surface area contributed by atoms with E-state index < -0.39 is 5.97 Å². The molecule has 2 aromatic heterocycles. The van der Waals surface area contributed by atoms with Gasteiger partial charge in [-0.25, -0.2) is 9.78 Å². The molecule has 2 N–H and O–H groups in total. The lowest BCUT2D eigenvalue weighted by atomic mass is 9.71. The van der Waals surface area contributed by atoms with E-state index in [4.69, 9.17) is 16.3 Å². The summed E-state index contributed by atoms with van der Waals surface area (Å²) in [5.41, 5.74) is 1.96. The number of halogens is 1. The minimum atomic E-state index is -0.473. The van der Waals surface area contributed by atoms with Crippen LogP contribution in [-0.2, 0) is 4.74 Å². The summed E-state index contributed by atoms with van der Waals surface area (Å²) >= 11 is 6.37. The molecule has 1 aliphatic heterocycles. The van der Waals surface area contributed by atoms with Crippen LogP contribution in [0.3, 0.4) is 0 Å². The fraction of sp³-hybridized carbons (Fsp3) is 0.481. The van der Waals surface area contributed by atoms with Crippen LogP contribution in [-0.4, -0.2) is 52.1 Å². The van der Waals surface area contributed by atoms with Gasteiger partial charge in [0.2, 0.25) is 5.95 Å². The van der Waals surface area contributed by atoms with Gasteiger partial charge in [-0.15, -0.1) is 0 Å². The number of nitrogens with zero attached hydrogens (tertiary/aromatic N) is 4. The van der Waals surface area contributed by atoms with E-state index in [1.165, 1.54) is 77.3 Å². The first kappa shape index (κ1) is 24.7. The lowest BCUT2D eigenvalue weighted by molar-refractivity contribution is 0.0601. The third kappa shape index (κ3) is 5.25. The molecule has 0 spiro atoms. The number of carbonyl (C=O) groups excluding carboxylic acids is 1. The molecule has 2 aromatic rings. The van der Waals surface area contributed by atoms with Crippen molar-refractivity contribution in [2.45, 2.75) is 51.5 Å². The molecular formula is C27H33ClN6O2. The summed E-state index contributed by atoms with van der Waals surface area (Å²) in [7, 11) is 1.34. The molecule has 0 amide bonds. The highest BCUT2D eigenvalue weighted by molar-refractivity contribution is 6.33. The quantitative estimate of drug-likeness (QED) is 0.488. The van der Waals surface area contributed by atoms with Crippen molar-refractivity contribution in [2.75, 3.05) is 30.8 Å². The highest BCUT2D eigenvalue weighted by Gasteiger charge is 2.37. The first-order chi connectivity index (χ1) is 17.4. The van der Waals surface area contributed by atoms with Gasteiger partial charge in [-0.3, -0.25) is 4.98 Å². The Bertz CT molecular complexity index is 1180. The van der Waals surface area contributed by atoms with Crippen LogP contribution >= 0.6 is 11.6 Å². The second-order valence-electron chi connectivity index (χ2n) is 10.1. The van der Waals surface area contributed by atoms with Crippen molar-refractivity contribution in [3.8, 4) is 0 Å². The van der Waals surface area contributed by atoms with Crippen LogP contribution in [0.25, 0.3) is 0 Å². The Labute approximate surface area is 217 Å². The van der Waals surface area contributed by atoms with E-state index in [-0.39, 0.29) is 5.41 Å². The predicted molar refractivity (Wildman–Crippen MR) is 141 cm³/mol. The van der Waals surface area contributed by atoms with Gasteiger partial charge in [-0.1, -0.05) is 30.7 Å². The topological polar surface area (TPSA) is 92.3 Å². The van der Waals surface area contributed by atoms with Crippen LogP contribution in [0.1, 0.15) is 55.8 Å². The number of pyridine rings is 1. The first-order valence-electron chi connectivity index (χ1n) is 12.7. The van der Waals surface area contributed by atoms with Gasteiger partial charge < -0.3 is 20.3 Å². The Morgan fingerprint density at radius 1 is 1.19 bits per heavy atom. The zero-order valence-corrected chi connectivity index (χ0v) is 21.6. The molecule has 2 fully saturated rings. The third-order valence-electron chi connectivity index (χ3n) is 7.84. The second-order valence-corrected chi connectivity index (χ2v) is 10.5. The maximum atomic E-state index is 12.1. The Morgan fingerprint density at radius 3 is 2.83 bits per heavy atom. The number of nitrogens with one attached hydrogen (secondary N) is 2. The molecule has 8 nitrogen and oxygen atoms in total. The monoisotopic (exact) mass is 508 g/mol. The van der Waals surface area contributed by atoms with Gasteiger partial charge in [0.25, 0.3) is 0 Å². The van der Waals surface area contributed by atoms with E-state index in [1.54, 1.807) is 6.07 Å². The Kier molecular flexibility index (Phi) is 7.25. The minimum absolute atomic E-state index is 0.178. The number of likely N-dealkylation sites (tertiary alicyclic amines) is 1. The van der Waals surface area contributed by atoms with E-state index in [1.807, 2.05) is 0 Å². The summed E-state index contributed by atoms with van der Waals surface area (Å²) in [6.07, 6.45) is 19.0. The standard InChI is InChI=1S/C27H33ClN6O2/c1-27-10-7-19(15-18(27)5-6-20(8-11-27)34-13-3-4-14-34)31-26-30-16-22(28)24(33-26)32-23-17-29-12-9-21(23)25(35)36-2/h7,9-10,12,15-18,20H,3-6,8,11,13-14H2,1-2H3,(H2,30,31,32,33). The molecule has 9 heteroatoms. The molecule has 5 rings (SSSR count). The molecule has 1 saturated heterocycles. The fourth-order valence-electron chi connectivity index (χ4n) is 5.65. The van der Waals surface area contributed by atoms with Crippen LogP contribution in [0.4, 0.5) is 17.5 Å². The summed E-state index contributed by atoms with van der Waals surface area (Å²) in [5, 5.41) is 6.78. The molecule has 3 unspecified atom stereocenters. The van der Waals surface area contributed by atoms with E-state index in [0.29, 0.717) is 40.0 Å². The van der Waals surface area contributed by atoms with Gasteiger partial charge >= 0.3 is 5.97 Å². The average molecular weight is 509 g/mol. The average Bonchev–Trinajstić information content (AvgIpc) is 3.37. The summed E-state index contributed by atoms with van der Waals surface area (Å²) in [4.78, 5) is 27.8. The molecule has 0 aromatic carbocycles.